The Hall–Kier alpha value is -3.60. The summed E-state index contributed by atoms with van der Waals surface area (Å²) in [6.45, 7) is 1.69. The van der Waals surface area contributed by atoms with Gasteiger partial charge >= 0.3 is 0 Å². The number of aromatic amines is 2. The van der Waals surface area contributed by atoms with E-state index in [0.29, 0.717) is 27.2 Å². The predicted octanol–water partition coefficient (Wildman–Crippen LogP) is 2.07. The highest BCUT2D eigenvalue weighted by Crippen LogP contribution is 2.41. The maximum Gasteiger partial charge on any atom is 0.289 e. The lowest BCUT2D eigenvalue weighted by molar-refractivity contribution is -0.720. The smallest absolute Gasteiger partial charge is 0.289 e. The highest BCUT2D eigenvalue weighted by Gasteiger charge is 2.49. The van der Waals surface area contributed by atoms with Crippen LogP contribution in [-0.4, -0.2) is 25.7 Å². The van der Waals surface area contributed by atoms with Crippen LogP contribution in [0.2, 0.25) is 5.02 Å². The molecule has 1 aliphatic rings. The van der Waals surface area contributed by atoms with Gasteiger partial charge in [0.1, 0.15) is 0 Å². The van der Waals surface area contributed by atoms with E-state index in [0.717, 1.165) is 6.08 Å². The molecule has 1 aromatic carbocycles. The third-order valence-corrected chi connectivity index (χ3v) is 4.72. The largest absolute Gasteiger partial charge is 0.612 e. The van der Waals surface area contributed by atoms with Crippen LogP contribution in [0.5, 0.6) is 0 Å². The standard InChI is InChI=1S/C15H10ClN5O6/c1-6-12(8-4-7(16)2-3-9(8)17-6)13-10(19(22)23)5-11(20(24)25)14-15(13)21(26)27-18-14/h2-5,13,17-18H,1H3. The van der Waals surface area contributed by atoms with Crippen molar-refractivity contribution >= 4 is 28.2 Å². The quantitative estimate of drug-likeness (QED) is 0.386. The van der Waals surface area contributed by atoms with Gasteiger partial charge in [-0.25, -0.2) is 0 Å². The first-order valence-corrected chi connectivity index (χ1v) is 7.97. The number of hydrogen-bond acceptors (Lipinski definition) is 6. The number of aromatic nitrogens is 3. The molecule has 0 spiro atoms. The second-order valence-electron chi connectivity index (χ2n) is 5.97. The third-order valence-electron chi connectivity index (χ3n) is 4.49. The lowest BCUT2D eigenvalue weighted by Crippen LogP contribution is -2.31. The summed E-state index contributed by atoms with van der Waals surface area (Å²) in [4.78, 5) is 25.4. The van der Waals surface area contributed by atoms with Crippen LogP contribution in [0.25, 0.3) is 10.9 Å². The molecular formula is C15H10ClN5O6. The Labute approximate surface area is 154 Å². The van der Waals surface area contributed by atoms with Gasteiger partial charge in [0.2, 0.25) is 0 Å². The second-order valence-corrected chi connectivity index (χ2v) is 6.40. The maximum absolute atomic E-state index is 12.2. The Kier molecular flexibility index (Phi) is 3.56. The van der Waals surface area contributed by atoms with Crippen LogP contribution in [0.15, 0.2) is 34.6 Å². The van der Waals surface area contributed by atoms with Crippen molar-refractivity contribution in [2.24, 2.45) is 0 Å². The minimum absolute atomic E-state index is 0.0167. The fraction of sp³-hybridized carbons (Fsp3) is 0.133. The number of rotatable bonds is 2. The molecule has 1 atom stereocenters. The van der Waals surface area contributed by atoms with Gasteiger partial charge in [0, 0.05) is 27.2 Å². The van der Waals surface area contributed by atoms with Crippen molar-refractivity contribution in [1.82, 2.24) is 10.1 Å². The Balaban J connectivity index is 2.12. The maximum atomic E-state index is 12.2. The van der Waals surface area contributed by atoms with Crippen molar-refractivity contribution in [3.63, 3.8) is 0 Å². The number of nitrogens with zero attached hydrogens (tertiary/aromatic N) is 3. The van der Waals surface area contributed by atoms with Crippen LogP contribution in [0.1, 0.15) is 28.6 Å². The molecule has 0 amide bonds. The highest BCUT2D eigenvalue weighted by atomic mass is 35.5. The number of nitro groups is 1. The SMILES string of the molecule is Cc1[nH]c2ccc(Cl)cc2c1C1C([N+](=O)[O-])=CC(=[N+]([O-])[O-])c2[nH]o[n+](=O)c21. The Bertz CT molecular complexity index is 1230. The average Bonchev–Trinajstić information content (AvgIpc) is 3.13. The number of nitrogens with one attached hydrogen (secondary N) is 2. The van der Waals surface area contributed by atoms with E-state index in [1.54, 1.807) is 25.1 Å². The van der Waals surface area contributed by atoms with E-state index in [-0.39, 0.29) is 16.0 Å². The molecule has 0 aliphatic heterocycles. The van der Waals surface area contributed by atoms with Crippen LogP contribution in [0.3, 0.4) is 0 Å². The number of halogens is 1. The first kappa shape index (κ1) is 16.8. The zero-order valence-corrected chi connectivity index (χ0v) is 14.3. The lowest BCUT2D eigenvalue weighted by atomic mass is 9.84. The number of H-pyrrole nitrogens is 2. The zero-order chi connectivity index (χ0) is 19.5. The van der Waals surface area contributed by atoms with E-state index in [1.165, 1.54) is 0 Å². The van der Waals surface area contributed by atoms with Gasteiger partial charge in [-0.2, -0.15) is 4.90 Å². The van der Waals surface area contributed by atoms with Gasteiger partial charge in [-0.1, -0.05) is 21.4 Å². The first-order valence-electron chi connectivity index (χ1n) is 7.59. The summed E-state index contributed by atoms with van der Waals surface area (Å²) in [5.41, 5.74) is 0.00555. The summed E-state index contributed by atoms with van der Waals surface area (Å²) in [7, 11) is 0. The van der Waals surface area contributed by atoms with Crippen molar-refractivity contribution in [2.45, 2.75) is 12.8 Å². The molecule has 2 N–H and O–H groups in total. The Morgan fingerprint density at radius 3 is 2.70 bits per heavy atom. The van der Waals surface area contributed by atoms with Gasteiger partial charge in [-0.15, -0.1) is 0 Å². The van der Waals surface area contributed by atoms with Gasteiger partial charge in [0.25, 0.3) is 22.8 Å². The van der Waals surface area contributed by atoms with Crippen molar-refractivity contribution in [1.29, 1.82) is 0 Å². The molecule has 138 valence electrons. The highest BCUT2D eigenvalue weighted by molar-refractivity contribution is 6.31. The third kappa shape index (κ3) is 2.39. The number of aryl methyl sites for hydroxylation is 1. The first-order chi connectivity index (χ1) is 12.8. The molecule has 4 rings (SSSR count). The Morgan fingerprint density at radius 1 is 1.30 bits per heavy atom. The summed E-state index contributed by atoms with van der Waals surface area (Å²) < 4.78 is 4.67. The van der Waals surface area contributed by atoms with Crippen molar-refractivity contribution in [2.75, 3.05) is 0 Å². The molecule has 2 aromatic heterocycles. The van der Waals surface area contributed by atoms with E-state index in [4.69, 9.17) is 11.6 Å². The number of hydrogen-bond donors (Lipinski definition) is 2. The molecule has 1 aliphatic carbocycles. The minimum Gasteiger partial charge on any atom is -0.612 e. The van der Waals surface area contributed by atoms with Crippen LogP contribution < -0.4 is 4.60 Å². The monoisotopic (exact) mass is 391 g/mol. The van der Waals surface area contributed by atoms with Crippen molar-refractivity contribution < 1.29 is 19.1 Å². The molecule has 27 heavy (non-hydrogen) atoms. The molecule has 3 aromatic rings. The molecule has 0 radical (unpaired) electrons. The van der Waals surface area contributed by atoms with Crippen LogP contribution in [-0.2, 0) is 0 Å². The fourth-order valence-electron chi connectivity index (χ4n) is 3.43. The second kappa shape index (κ2) is 5.71. The van der Waals surface area contributed by atoms with E-state index in [1.807, 2.05) is 0 Å². The predicted molar refractivity (Wildman–Crippen MR) is 92.5 cm³/mol. The molecule has 2 heterocycles. The summed E-state index contributed by atoms with van der Waals surface area (Å²) in [6, 6.07) is 4.96. The van der Waals surface area contributed by atoms with Gasteiger partial charge in [0.15, 0.2) is 10.5 Å². The number of benzene rings is 1. The molecule has 12 heteroatoms. The normalized spacial score (nSPS) is 16.3. The van der Waals surface area contributed by atoms with Crippen LogP contribution >= 0.6 is 11.6 Å². The van der Waals surface area contributed by atoms with E-state index in [9.17, 15) is 25.4 Å². The van der Waals surface area contributed by atoms with Gasteiger partial charge in [-0.3, -0.25) is 10.1 Å². The molecule has 0 saturated heterocycles. The number of allylic oxidation sites excluding steroid dienone is 2. The van der Waals surface area contributed by atoms with Crippen molar-refractivity contribution in [3.05, 3.63) is 83.1 Å². The van der Waals surface area contributed by atoms with E-state index < -0.39 is 27.2 Å². The number of fused-ring (bicyclic) bond motifs is 2. The summed E-state index contributed by atoms with van der Waals surface area (Å²) in [6.07, 6.45) is 0.835. The fourth-order valence-corrected chi connectivity index (χ4v) is 3.60. The molecular weight excluding hydrogens is 382 g/mol. The molecule has 11 nitrogen and oxygen atoms in total. The molecule has 1 unspecified atom stereocenters. The van der Waals surface area contributed by atoms with Gasteiger partial charge < -0.3 is 15.4 Å². The average molecular weight is 392 g/mol. The summed E-state index contributed by atoms with van der Waals surface area (Å²) >= 11 is 6.07. The summed E-state index contributed by atoms with van der Waals surface area (Å²) in [5.74, 6) is -1.20. The lowest BCUT2D eigenvalue weighted by Gasteiger charge is -2.15. The molecule has 0 fully saturated rings. The van der Waals surface area contributed by atoms with Gasteiger partial charge in [0.05, 0.1) is 11.0 Å². The summed E-state index contributed by atoms with van der Waals surface area (Å²) in [5, 5.41) is 37.5. The van der Waals surface area contributed by atoms with Gasteiger partial charge in [-0.05, 0) is 30.0 Å². The van der Waals surface area contributed by atoms with Crippen LogP contribution in [0.4, 0.5) is 0 Å². The van der Waals surface area contributed by atoms with Crippen LogP contribution in [0, 0.1) is 32.4 Å². The van der Waals surface area contributed by atoms with E-state index in [2.05, 4.69) is 14.8 Å². The molecule has 0 saturated carbocycles. The van der Waals surface area contributed by atoms with Crippen molar-refractivity contribution in [3.8, 4) is 0 Å². The zero-order valence-electron chi connectivity index (χ0n) is 13.6. The Morgan fingerprint density at radius 2 is 2.04 bits per heavy atom. The topological polar surface area (TPSA) is 160 Å². The van der Waals surface area contributed by atoms with E-state index >= 15 is 0 Å². The molecule has 0 bridgehead atoms. The minimum atomic E-state index is -1.20.